The quantitative estimate of drug-likeness (QED) is 0.916. The fraction of sp³-hybridized carbons (Fsp3) is 0.632. The minimum atomic E-state index is 0.0111. The number of amides is 1. The van der Waals surface area contributed by atoms with Crippen molar-refractivity contribution in [3.8, 4) is 5.75 Å². The summed E-state index contributed by atoms with van der Waals surface area (Å²) in [5, 5.41) is 9.32. The summed E-state index contributed by atoms with van der Waals surface area (Å²) in [6.07, 6.45) is 2.89. The zero-order valence-electron chi connectivity index (χ0n) is 14.5. The molecule has 0 spiro atoms. The van der Waals surface area contributed by atoms with Gasteiger partial charge in [0.15, 0.2) is 0 Å². The number of benzene rings is 1. The average Bonchev–Trinajstić information content (AvgIpc) is 2.84. The van der Waals surface area contributed by atoms with E-state index in [1.54, 1.807) is 0 Å². The Labute approximate surface area is 144 Å². The lowest BCUT2D eigenvalue weighted by atomic mass is 9.93. The molecular weight excluding hydrogens is 304 g/mol. The first-order chi connectivity index (χ1) is 11.7. The lowest BCUT2D eigenvalue weighted by Gasteiger charge is -2.31. The van der Waals surface area contributed by atoms with Gasteiger partial charge in [-0.1, -0.05) is 13.0 Å². The van der Waals surface area contributed by atoms with Crippen LogP contribution in [0.4, 0.5) is 0 Å². The van der Waals surface area contributed by atoms with E-state index in [2.05, 4.69) is 11.8 Å². The number of carbonyl (C=O) groups excluding carboxylic acids is 1. The fourth-order valence-electron chi connectivity index (χ4n) is 3.64. The molecule has 1 saturated heterocycles. The van der Waals surface area contributed by atoms with Crippen LogP contribution in [0.3, 0.4) is 0 Å². The molecule has 1 amide bonds. The highest BCUT2D eigenvalue weighted by Gasteiger charge is 2.25. The number of fused-ring (bicyclic) bond motifs is 1. The van der Waals surface area contributed by atoms with Crippen molar-refractivity contribution in [3.63, 3.8) is 0 Å². The summed E-state index contributed by atoms with van der Waals surface area (Å²) in [6, 6.07) is 5.72. The average molecular weight is 332 g/mol. The predicted molar refractivity (Wildman–Crippen MR) is 92.7 cm³/mol. The number of ether oxygens (including phenoxy) is 1. The van der Waals surface area contributed by atoms with E-state index in [0.717, 1.165) is 49.4 Å². The predicted octanol–water partition coefficient (Wildman–Crippen LogP) is 2.02. The van der Waals surface area contributed by atoms with Gasteiger partial charge in [-0.25, -0.2) is 0 Å². The molecule has 0 radical (unpaired) electrons. The summed E-state index contributed by atoms with van der Waals surface area (Å²) in [4.78, 5) is 17.1. The van der Waals surface area contributed by atoms with Gasteiger partial charge in [0.1, 0.15) is 12.4 Å². The minimum absolute atomic E-state index is 0.0111. The Morgan fingerprint density at radius 2 is 2.08 bits per heavy atom. The number of rotatable bonds is 4. The lowest BCUT2D eigenvalue weighted by molar-refractivity contribution is -0.133. The van der Waals surface area contributed by atoms with Crippen molar-refractivity contribution in [3.05, 3.63) is 29.3 Å². The van der Waals surface area contributed by atoms with E-state index in [9.17, 15) is 9.90 Å². The van der Waals surface area contributed by atoms with Crippen molar-refractivity contribution in [2.45, 2.75) is 39.3 Å². The van der Waals surface area contributed by atoms with E-state index < -0.39 is 0 Å². The summed E-state index contributed by atoms with van der Waals surface area (Å²) in [5.41, 5.74) is 1.85. The van der Waals surface area contributed by atoms with Crippen LogP contribution < -0.4 is 4.74 Å². The van der Waals surface area contributed by atoms with Crippen LogP contribution >= 0.6 is 0 Å². The van der Waals surface area contributed by atoms with Gasteiger partial charge in [0.2, 0.25) is 5.91 Å². The van der Waals surface area contributed by atoms with Crippen molar-refractivity contribution < 1.29 is 14.6 Å². The molecule has 132 valence electrons. The zero-order valence-corrected chi connectivity index (χ0v) is 14.5. The number of carbonyl (C=O) groups is 1. The Balaban J connectivity index is 1.60. The van der Waals surface area contributed by atoms with Crippen LogP contribution in [0.15, 0.2) is 18.2 Å². The van der Waals surface area contributed by atoms with Crippen molar-refractivity contribution in [1.82, 2.24) is 9.80 Å². The van der Waals surface area contributed by atoms with Crippen molar-refractivity contribution in [2.24, 2.45) is 5.92 Å². The lowest BCUT2D eigenvalue weighted by Crippen LogP contribution is -2.37. The Kier molecular flexibility index (Phi) is 5.74. The number of piperidine rings is 1. The first kappa shape index (κ1) is 17.2. The van der Waals surface area contributed by atoms with Gasteiger partial charge in [0.25, 0.3) is 0 Å². The van der Waals surface area contributed by atoms with Gasteiger partial charge >= 0.3 is 0 Å². The van der Waals surface area contributed by atoms with Gasteiger partial charge in [0, 0.05) is 18.5 Å². The summed E-state index contributed by atoms with van der Waals surface area (Å²) in [5.74, 6) is 1.57. The molecule has 5 heteroatoms. The van der Waals surface area contributed by atoms with E-state index in [0.29, 0.717) is 32.0 Å². The Hall–Kier alpha value is -1.59. The number of nitrogens with zero attached hydrogens (tertiary/aromatic N) is 2. The molecule has 0 bridgehead atoms. The molecule has 1 N–H and O–H groups in total. The van der Waals surface area contributed by atoms with E-state index in [1.807, 2.05) is 23.1 Å². The maximum Gasteiger partial charge on any atom is 0.223 e. The van der Waals surface area contributed by atoms with Gasteiger partial charge in [0.05, 0.1) is 13.2 Å². The van der Waals surface area contributed by atoms with Crippen LogP contribution in [-0.2, 0) is 17.9 Å². The second kappa shape index (κ2) is 7.99. The van der Waals surface area contributed by atoms with Gasteiger partial charge < -0.3 is 19.6 Å². The second-order valence-corrected chi connectivity index (χ2v) is 6.85. The standard InChI is InChI=1S/C19H28N2O3/c1-2-20-7-5-15(6-8-20)12-19(23)21-9-10-24-18-4-3-16(14-22)11-17(18)13-21/h3-4,11,15,22H,2,5-10,12-14H2,1H3. The molecule has 1 fully saturated rings. The van der Waals surface area contributed by atoms with Crippen LogP contribution in [0.25, 0.3) is 0 Å². The number of hydrogen-bond acceptors (Lipinski definition) is 4. The van der Waals surface area contributed by atoms with Gasteiger partial charge in [-0.3, -0.25) is 4.79 Å². The van der Waals surface area contributed by atoms with Crippen molar-refractivity contribution in [2.75, 3.05) is 32.8 Å². The zero-order chi connectivity index (χ0) is 16.9. The van der Waals surface area contributed by atoms with E-state index in [4.69, 9.17) is 4.74 Å². The third-order valence-corrected chi connectivity index (χ3v) is 5.26. The van der Waals surface area contributed by atoms with Crippen LogP contribution in [0.5, 0.6) is 5.75 Å². The molecule has 1 aromatic carbocycles. The van der Waals surface area contributed by atoms with Crippen LogP contribution in [0, 0.1) is 5.92 Å². The number of aliphatic hydroxyl groups excluding tert-OH is 1. The molecule has 0 aromatic heterocycles. The molecule has 0 unspecified atom stereocenters. The van der Waals surface area contributed by atoms with Crippen LogP contribution in [-0.4, -0.2) is 53.6 Å². The topological polar surface area (TPSA) is 53.0 Å². The minimum Gasteiger partial charge on any atom is -0.491 e. The molecule has 0 saturated carbocycles. The number of likely N-dealkylation sites (tertiary alicyclic amines) is 1. The summed E-state index contributed by atoms with van der Waals surface area (Å²) in [7, 11) is 0. The molecule has 3 rings (SSSR count). The molecule has 2 heterocycles. The molecule has 2 aliphatic rings. The first-order valence-electron chi connectivity index (χ1n) is 9.05. The summed E-state index contributed by atoms with van der Waals surface area (Å²) >= 11 is 0. The normalized spacial score (nSPS) is 19.5. The van der Waals surface area contributed by atoms with Gasteiger partial charge in [-0.15, -0.1) is 0 Å². The molecule has 24 heavy (non-hydrogen) atoms. The van der Waals surface area contributed by atoms with E-state index in [1.165, 1.54) is 0 Å². The third-order valence-electron chi connectivity index (χ3n) is 5.26. The Morgan fingerprint density at radius 1 is 1.29 bits per heavy atom. The maximum atomic E-state index is 12.7. The molecule has 5 nitrogen and oxygen atoms in total. The third kappa shape index (κ3) is 4.08. The first-order valence-corrected chi connectivity index (χ1v) is 9.05. The molecule has 2 aliphatic heterocycles. The number of hydrogen-bond donors (Lipinski definition) is 1. The monoisotopic (exact) mass is 332 g/mol. The van der Waals surface area contributed by atoms with Gasteiger partial charge in [-0.05, 0) is 56.1 Å². The highest BCUT2D eigenvalue weighted by atomic mass is 16.5. The SMILES string of the molecule is CCN1CCC(CC(=O)N2CCOc3ccc(CO)cc3C2)CC1. The molecule has 0 atom stereocenters. The number of aliphatic hydroxyl groups is 1. The highest BCUT2D eigenvalue weighted by molar-refractivity contribution is 5.76. The second-order valence-electron chi connectivity index (χ2n) is 6.85. The Bertz CT molecular complexity index is 568. The van der Waals surface area contributed by atoms with E-state index in [-0.39, 0.29) is 12.5 Å². The summed E-state index contributed by atoms with van der Waals surface area (Å²) in [6.45, 7) is 7.28. The fourth-order valence-corrected chi connectivity index (χ4v) is 3.64. The van der Waals surface area contributed by atoms with E-state index >= 15 is 0 Å². The molecule has 0 aliphatic carbocycles. The Morgan fingerprint density at radius 3 is 2.79 bits per heavy atom. The highest BCUT2D eigenvalue weighted by Crippen LogP contribution is 2.26. The maximum absolute atomic E-state index is 12.7. The smallest absolute Gasteiger partial charge is 0.223 e. The summed E-state index contributed by atoms with van der Waals surface area (Å²) < 4.78 is 5.76. The molecular formula is C19H28N2O3. The van der Waals surface area contributed by atoms with Crippen LogP contribution in [0.1, 0.15) is 37.3 Å². The van der Waals surface area contributed by atoms with Crippen molar-refractivity contribution in [1.29, 1.82) is 0 Å². The largest absolute Gasteiger partial charge is 0.491 e. The van der Waals surface area contributed by atoms with Crippen LogP contribution in [0.2, 0.25) is 0 Å². The van der Waals surface area contributed by atoms with Crippen molar-refractivity contribution >= 4 is 5.91 Å². The molecule has 1 aromatic rings. The van der Waals surface area contributed by atoms with Gasteiger partial charge in [-0.2, -0.15) is 0 Å².